The number of ether oxygens (including phenoxy) is 2. The Hall–Kier alpha value is -4.18. The van der Waals surface area contributed by atoms with Crippen LogP contribution in [-0.2, 0) is 31.9 Å². The predicted molar refractivity (Wildman–Crippen MR) is 182 cm³/mol. The third-order valence-corrected chi connectivity index (χ3v) is 10.6. The van der Waals surface area contributed by atoms with Crippen molar-refractivity contribution in [3.8, 4) is 22.3 Å². The van der Waals surface area contributed by atoms with Crippen molar-refractivity contribution in [1.29, 1.82) is 0 Å². The molecular formula is C42H39NO2. The summed E-state index contributed by atoms with van der Waals surface area (Å²) < 4.78 is 100. The smallest absolute Gasteiger partial charge is 0.0920 e. The molecule has 0 amide bonds. The molecular weight excluding hydrogens is 550 g/mol. The Morgan fingerprint density at radius 2 is 0.867 bits per heavy atom. The topological polar surface area (TPSA) is 21.7 Å². The molecule has 0 aliphatic carbocycles. The molecule has 0 saturated carbocycles. The molecule has 4 unspecified atom stereocenters. The number of hydrogen-bond acceptors (Lipinski definition) is 3. The highest BCUT2D eigenvalue weighted by Crippen LogP contribution is 2.60. The summed E-state index contributed by atoms with van der Waals surface area (Å²) in [5, 5.41) is 0. The quantitative estimate of drug-likeness (QED) is 0.201. The molecule has 5 aromatic rings. The van der Waals surface area contributed by atoms with Crippen LogP contribution in [-0.4, -0.2) is 0 Å². The van der Waals surface area contributed by atoms with Crippen molar-refractivity contribution in [2.24, 2.45) is 0 Å². The van der Waals surface area contributed by atoms with Gasteiger partial charge in [0.15, 0.2) is 0 Å². The van der Waals surface area contributed by atoms with Crippen LogP contribution in [0.2, 0.25) is 0 Å². The molecule has 2 fully saturated rings. The maximum atomic E-state index is 9.04. The van der Waals surface area contributed by atoms with Gasteiger partial charge in [-0.3, -0.25) is 0 Å². The number of benzene rings is 5. The van der Waals surface area contributed by atoms with E-state index in [1.807, 2.05) is 18.2 Å². The second kappa shape index (κ2) is 9.19. The van der Waals surface area contributed by atoms with Crippen LogP contribution in [0.1, 0.15) is 89.3 Å². The van der Waals surface area contributed by atoms with E-state index in [0.717, 1.165) is 59.1 Å². The van der Waals surface area contributed by atoms with Gasteiger partial charge in [0, 0.05) is 17.1 Å². The molecule has 45 heavy (non-hydrogen) atoms. The fraction of sp³-hybridized carbons (Fsp3) is 0.286. The zero-order valence-electron chi connectivity index (χ0n) is 35.8. The summed E-state index contributed by atoms with van der Waals surface area (Å²) in [7, 11) is 0. The van der Waals surface area contributed by atoms with Gasteiger partial charge in [-0.05, 0) is 152 Å². The number of hydrogen-bond donors (Lipinski definition) is 0. The van der Waals surface area contributed by atoms with E-state index < -0.39 is 71.6 Å². The lowest BCUT2D eigenvalue weighted by Crippen LogP contribution is -2.18. The largest absolute Gasteiger partial charge is 0.360 e. The number of fused-ring (bicyclic) bond motifs is 10. The number of rotatable bonds is 5. The maximum Gasteiger partial charge on any atom is 0.0920 e. The van der Waals surface area contributed by atoms with E-state index in [0.29, 0.717) is 11.1 Å². The molecule has 3 heteroatoms. The van der Waals surface area contributed by atoms with Gasteiger partial charge < -0.3 is 14.4 Å². The highest BCUT2D eigenvalue weighted by atomic mass is 16.5. The standard InChI is InChI=1S/C42H39NO2/c1-39-19-21-41(3,44-39)37-26-28(15-17-35(37)39)30-23-31(29-16-18-36-38(27-29)42(4)22-20-40(36,2)45-42)25-34(24-30)43(32-11-7-5-8-12-32)33-13-9-6-10-14-33/h5-18,23-27H,19-22H2,1-4H3/i5D,6D,7D,8D,9D,10D,11D,12D,13D,14D. The van der Waals surface area contributed by atoms with Gasteiger partial charge >= 0.3 is 0 Å². The van der Waals surface area contributed by atoms with Gasteiger partial charge in [-0.2, -0.15) is 0 Å². The Bertz CT molecular complexity index is 2330. The molecule has 224 valence electrons. The SMILES string of the molecule is [2H]c1c([2H])c([2H])c(N(c2cc(-c3ccc4c(c3)C3(C)CCC4(C)O3)cc(-c3ccc4c(c3)C3(C)CCC4(C)O3)c2)c2c([2H])c([2H])c([2H])c([2H])c2[2H])c([2H])c1[2H]. The first kappa shape index (κ1) is 18.7. The summed E-state index contributed by atoms with van der Waals surface area (Å²) in [5.74, 6) is 0. The molecule has 4 bridgehead atoms. The van der Waals surface area contributed by atoms with Crippen molar-refractivity contribution < 1.29 is 23.2 Å². The van der Waals surface area contributed by atoms with Gasteiger partial charge in [0.1, 0.15) is 0 Å². The first-order valence-corrected chi connectivity index (χ1v) is 15.6. The predicted octanol–water partition coefficient (Wildman–Crippen LogP) is 11.0. The van der Waals surface area contributed by atoms with E-state index in [9.17, 15) is 0 Å². The molecule has 0 N–H and O–H groups in total. The van der Waals surface area contributed by atoms with Gasteiger partial charge in [-0.25, -0.2) is 0 Å². The Kier molecular flexibility index (Phi) is 3.82. The van der Waals surface area contributed by atoms with E-state index in [2.05, 4.69) is 52.0 Å². The van der Waals surface area contributed by atoms with Crippen molar-refractivity contribution in [2.75, 3.05) is 4.90 Å². The van der Waals surface area contributed by atoms with Crippen LogP contribution in [0.3, 0.4) is 0 Å². The van der Waals surface area contributed by atoms with Crippen molar-refractivity contribution in [2.45, 2.75) is 75.8 Å². The molecule has 0 aromatic heterocycles. The molecule has 0 spiro atoms. The fourth-order valence-electron chi connectivity index (χ4n) is 8.31. The summed E-state index contributed by atoms with van der Waals surface area (Å²) in [6.45, 7) is 8.45. The van der Waals surface area contributed by atoms with Crippen molar-refractivity contribution in [3.05, 3.63) is 137 Å². The molecule has 3 nitrogen and oxygen atoms in total. The highest BCUT2D eigenvalue weighted by Gasteiger charge is 2.55. The summed E-state index contributed by atoms with van der Waals surface area (Å²) in [6.07, 6.45) is 3.58. The van der Waals surface area contributed by atoms with Crippen LogP contribution < -0.4 is 4.90 Å². The molecule has 4 atom stereocenters. The zero-order valence-corrected chi connectivity index (χ0v) is 25.8. The molecule has 9 rings (SSSR count). The van der Waals surface area contributed by atoms with E-state index >= 15 is 0 Å². The lowest BCUT2D eigenvalue weighted by molar-refractivity contribution is -0.0665. The van der Waals surface area contributed by atoms with Gasteiger partial charge in [0.05, 0.1) is 36.1 Å². The van der Waals surface area contributed by atoms with Crippen LogP contribution in [0.25, 0.3) is 22.3 Å². The summed E-state index contributed by atoms with van der Waals surface area (Å²) in [6, 6.07) is 12.1. The second-order valence-corrected chi connectivity index (χ2v) is 13.7. The third kappa shape index (κ3) is 3.97. The Balaban J connectivity index is 1.35. The molecule has 0 radical (unpaired) electrons. The van der Waals surface area contributed by atoms with E-state index in [4.69, 9.17) is 23.2 Å². The van der Waals surface area contributed by atoms with Crippen molar-refractivity contribution in [3.63, 3.8) is 0 Å². The van der Waals surface area contributed by atoms with Crippen LogP contribution in [0.5, 0.6) is 0 Å². The maximum absolute atomic E-state index is 9.04. The van der Waals surface area contributed by atoms with E-state index in [1.165, 1.54) is 4.90 Å². The molecule has 4 aliphatic rings. The normalized spacial score (nSPS) is 31.8. The van der Waals surface area contributed by atoms with Crippen molar-refractivity contribution in [1.82, 2.24) is 0 Å². The first-order valence-electron chi connectivity index (χ1n) is 20.6. The minimum absolute atomic E-state index is 0.248. The number of anilines is 3. The van der Waals surface area contributed by atoms with Crippen LogP contribution >= 0.6 is 0 Å². The lowest BCUT2D eigenvalue weighted by Gasteiger charge is -2.27. The Morgan fingerprint density at radius 3 is 1.29 bits per heavy atom. The van der Waals surface area contributed by atoms with Crippen LogP contribution in [0, 0.1) is 0 Å². The Labute approximate surface area is 280 Å². The van der Waals surface area contributed by atoms with E-state index in [1.54, 1.807) is 12.1 Å². The zero-order chi connectivity index (χ0) is 39.3. The highest BCUT2D eigenvalue weighted by molar-refractivity contribution is 5.85. The minimum Gasteiger partial charge on any atom is -0.360 e. The molecule has 4 heterocycles. The summed E-state index contributed by atoms with van der Waals surface area (Å²) >= 11 is 0. The summed E-state index contributed by atoms with van der Waals surface area (Å²) in [4.78, 5) is 1.23. The monoisotopic (exact) mass is 599 g/mol. The first-order chi connectivity index (χ1) is 25.8. The lowest BCUT2D eigenvalue weighted by atomic mass is 9.77. The van der Waals surface area contributed by atoms with Gasteiger partial charge in [0.2, 0.25) is 0 Å². The van der Waals surface area contributed by atoms with Gasteiger partial charge in [-0.15, -0.1) is 0 Å². The van der Waals surface area contributed by atoms with Crippen LogP contribution in [0.15, 0.2) is 115 Å². The number of nitrogens with zero attached hydrogens (tertiary/aromatic N) is 1. The summed E-state index contributed by atoms with van der Waals surface area (Å²) in [5.41, 5.74) is 5.44. The van der Waals surface area contributed by atoms with E-state index in [-0.39, 0.29) is 28.3 Å². The van der Waals surface area contributed by atoms with Gasteiger partial charge in [0.25, 0.3) is 0 Å². The third-order valence-electron chi connectivity index (χ3n) is 10.6. The van der Waals surface area contributed by atoms with Crippen LogP contribution in [0.4, 0.5) is 17.1 Å². The average Bonchev–Trinajstić information content (AvgIpc) is 3.82. The van der Waals surface area contributed by atoms with Crippen molar-refractivity contribution >= 4 is 17.1 Å². The molecule has 5 aromatic carbocycles. The molecule has 4 aliphatic heterocycles. The minimum atomic E-state index is -0.615. The fourth-order valence-corrected chi connectivity index (χ4v) is 8.31. The number of para-hydroxylation sites is 2. The average molecular weight is 600 g/mol. The second-order valence-electron chi connectivity index (χ2n) is 13.7. The Morgan fingerprint density at radius 1 is 0.467 bits per heavy atom. The molecule has 2 saturated heterocycles. The van der Waals surface area contributed by atoms with Gasteiger partial charge in [-0.1, -0.05) is 60.5 Å².